The van der Waals surface area contributed by atoms with Crippen molar-refractivity contribution in [1.29, 1.82) is 0 Å². The van der Waals surface area contributed by atoms with Crippen LogP contribution in [0.15, 0.2) is 36.2 Å². The van der Waals surface area contributed by atoms with Crippen molar-refractivity contribution >= 4 is 11.5 Å². The summed E-state index contributed by atoms with van der Waals surface area (Å²) in [7, 11) is 0. The fourth-order valence-electron chi connectivity index (χ4n) is 2.79. The molecule has 0 bridgehead atoms. The van der Waals surface area contributed by atoms with Crippen LogP contribution in [0.3, 0.4) is 0 Å². The molecule has 1 amide bonds. The van der Waals surface area contributed by atoms with Gasteiger partial charge in [-0.3, -0.25) is 4.79 Å². The molecule has 2 fully saturated rings. The molecule has 1 aromatic rings. The van der Waals surface area contributed by atoms with Crippen LogP contribution in [0.5, 0.6) is 0 Å². The molecule has 2 N–H and O–H groups in total. The number of allylic oxidation sites excluding steroid dienone is 1. The summed E-state index contributed by atoms with van der Waals surface area (Å²) in [5.41, 5.74) is 1.42. The molecular formula is C16H19FN2O. The summed E-state index contributed by atoms with van der Waals surface area (Å²) in [6, 6.07) is 9.76. The molecule has 1 aliphatic carbocycles. The lowest BCUT2D eigenvalue weighted by Crippen LogP contribution is -2.42. The Morgan fingerprint density at radius 3 is 2.75 bits per heavy atom. The Morgan fingerprint density at radius 1 is 1.35 bits per heavy atom. The summed E-state index contributed by atoms with van der Waals surface area (Å²) in [5.74, 6) is 0.290. The largest absolute Gasteiger partial charge is 0.348 e. The van der Waals surface area contributed by atoms with Crippen LogP contribution in [0.1, 0.15) is 25.3 Å². The van der Waals surface area contributed by atoms with Crippen LogP contribution in [-0.2, 0) is 4.79 Å². The fraction of sp³-hybridized carbons (Fsp3) is 0.438. The van der Waals surface area contributed by atoms with Gasteiger partial charge in [0.1, 0.15) is 5.83 Å². The van der Waals surface area contributed by atoms with Gasteiger partial charge in [-0.05, 0) is 36.8 Å². The van der Waals surface area contributed by atoms with E-state index in [0.29, 0.717) is 17.5 Å². The summed E-state index contributed by atoms with van der Waals surface area (Å²) in [6.07, 6.45) is 2.07. The first-order valence-electron chi connectivity index (χ1n) is 7.09. The summed E-state index contributed by atoms with van der Waals surface area (Å²) in [4.78, 5) is 11.9. The Balaban J connectivity index is 1.56. The van der Waals surface area contributed by atoms with Gasteiger partial charge < -0.3 is 10.6 Å². The smallest absolute Gasteiger partial charge is 0.237 e. The van der Waals surface area contributed by atoms with Crippen LogP contribution in [0, 0.1) is 5.92 Å². The highest BCUT2D eigenvalue weighted by atomic mass is 19.1. The number of carbonyl (C=O) groups excluding carboxylic acids is 1. The fourth-order valence-corrected chi connectivity index (χ4v) is 2.79. The second kappa shape index (κ2) is 5.37. The van der Waals surface area contributed by atoms with Gasteiger partial charge in [-0.25, -0.2) is 4.39 Å². The topological polar surface area (TPSA) is 41.1 Å². The molecule has 0 unspecified atom stereocenters. The van der Waals surface area contributed by atoms with Gasteiger partial charge >= 0.3 is 0 Å². The highest BCUT2D eigenvalue weighted by molar-refractivity contribution is 5.83. The maximum atomic E-state index is 14.1. The minimum atomic E-state index is -0.285. The molecule has 0 radical (unpaired) electrons. The number of nitrogens with one attached hydrogen (secondary N) is 2. The Kier molecular flexibility index (Phi) is 3.57. The summed E-state index contributed by atoms with van der Waals surface area (Å²) in [5, 5.41) is 5.94. The zero-order valence-corrected chi connectivity index (χ0v) is 11.5. The number of piperidine rings is 1. The standard InChI is InChI=1S/C16H19FN2O/c1-10(11-5-3-2-4-6-11)13(17)9-18-16(20)15-8-12-7-14(12)19-15/h2-6,12,14-15,19H,7-9H2,1H3,(H,18,20)/b13-10+/t12-,14-,15+/m1/s1. The molecule has 1 saturated heterocycles. The van der Waals surface area contributed by atoms with Crippen LogP contribution in [0.4, 0.5) is 4.39 Å². The lowest BCUT2D eigenvalue weighted by atomic mass is 10.1. The van der Waals surface area contributed by atoms with E-state index < -0.39 is 0 Å². The lowest BCUT2D eigenvalue weighted by Gasteiger charge is -2.13. The highest BCUT2D eigenvalue weighted by Gasteiger charge is 2.47. The number of amides is 1. The molecule has 3 nitrogen and oxygen atoms in total. The molecule has 1 heterocycles. The Bertz CT molecular complexity index is 531. The van der Waals surface area contributed by atoms with Crippen LogP contribution in [0.2, 0.25) is 0 Å². The normalized spacial score (nSPS) is 28.6. The number of benzene rings is 1. The van der Waals surface area contributed by atoms with Crippen LogP contribution in [-0.4, -0.2) is 24.5 Å². The third-order valence-corrected chi connectivity index (χ3v) is 4.22. The van der Waals surface area contributed by atoms with Crippen molar-refractivity contribution in [2.75, 3.05) is 6.54 Å². The second-order valence-electron chi connectivity index (χ2n) is 5.67. The Morgan fingerprint density at radius 2 is 2.10 bits per heavy atom. The van der Waals surface area contributed by atoms with Gasteiger partial charge in [-0.2, -0.15) is 0 Å². The molecule has 4 heteroatoms. The highest BCUT2D eigenvalue weighted by Crippen LogP contribution is 2.40. The van der Waals surface area contributed by atoms with E-state index in [2.05, 4.69) is 10.6 Å². The minimum Gasteiger partial charge on any atom is -0.348 e. The monoisotopic (exact) mass is 274 g/mol. The zero-order valence-electron chi connectivity index (χ0n) is 11.5. The molecule has 2 aliphatic rings. The third-order valence-electron chi connectivity index (χ3n) is 4.22. The first kappa shape index (κ1) is 13.3. The van der Waals surface area contributed by atoms with Gasteiger partial charge in [0.05, 0.1) is 12.6 Å². The molecule has 0 aromatic heterocycles. The maximum absolute atomic E-state index is 14.1. The number of rotatable bonds is 4. The molecule has 1 saturated carbocycles. The van der Waals surface area contributed by atoms with Gasteiger partial charge in [-0.15, -0.1) is 0 Å². The van der Waals surface area contributed by atoms with Gasteiger partial charge in [0, 0.05) is 6.04 Å². The van der Waals surface area contributed by atoms with Gasteiger partial charge in [-0.1, -0.05) is 30.3 Å². The molecule has 1 aromatic carbocycles. The van der Waals surface area contributed by atoms with Crippen molar-refractivity contribution in [3.8, 4) is 0 Å². The lowest BCUT2D eigenvalue weighted by molar-refractivity contribution is -0.122. The first-order chi connectivity index (χ1) is 9.65. The van der Waals surface area contributed by atoms with E-state index in [4.69, 9.17) is 0 Å². The zero-order chi connectivity index (χ0) is 14.1. The molecule has 20 heavy (non-hydrogen) atoms. The van der Waals surface area contributed by atoms with E-state index in [0.717, 1.165) is 12.0 Å². The summed E-state index contributed by atoms with van der Waals surface area (Å²) < 4.78 is 14.1. The number of fused-ring (bicyclic) bond motifs is 1. The van der Waals surface area contributed by atoms with Crippen molar-refractivity contribution in [2.45, 2.75) is 31.8 Å². The number of carbonyl (C=O) groups is 1. The van der Waals surface area contributed by atoms with E-state index in [1.54, 1.807) is 6.92 Å². The van der Waals surface area contributed by atoms with Crippen molar-refractivity contribution in [3.05, 3.63) is 41.7 Å². The van der Waals surface area contributed by atoms with Crippen LogP contribution >= 0.6 is 0 Å². The summed E-state index contributed by atoms with van der Waals surface area (Å²) in [6.45, 7) is 1.70. The van der Waals surface area contributed by atoms with Crippen molar-refractivity contribution in [1.82, 2.24) is 10.6 Å². The van der Waals surface area contributed by atoms with Crippen molar-refractivity contribution < 1.29 is 9.18 Å². The molecule has 106 valence electrons. The average molecular weight is 274 g/mol. The average Bonchev–Trinajstić information content (AvgIpc) is 3.10. The molecule has 0 spiro atoms. The van der Waals surface area contributed by atoms with E-state index in [9.17, 15) is 9.18 Å². The molecule has 3 rings (SSSR count). The third kappa shape index (κ3) is 2.75. The van der Waals surface area contributed by atoms with Crippen molar-refractivity contribution in [3.63, 3.8) is 0 Å². The van der Waals surface area contributed by atoms with Gasteiger partial charge in [0.15, 0.2) is 0 Å². The first-order valence-corrected chi connectivity index (χ1v) is 7.09. The number of halogens is 1. The SMILES string of the molecule is C/C(=C(\F)CNC(=O)[C@@H]1C[C@H]2C[C@H]2N1)c1ccccc1. The van der Waals surface area contributed by atoms with E-state index in [1.165, 1.54) is 6.42 Å². The predicted octanol–water partition coefficient (Wildman–Crippen LogP) is 2.25. The van der Waals surface area contributed by atoms with E-state index in [-0.39, 0.29) is 24.3 Å². The molecule has 3 atom stereocenters. The Hall–Kier alpha value is -1.68. The van der Waals surface area contributed by atoms with Gasteiger partial charge in [0.2, 0.25) is 5.91 Å². The molecular weight excluding hydrogens is 255 g/mol. The minimum absolute atomic E-state index is 0.0346. The van der Waals surface area contributed by atoms with E-state index in [1.807, 2.05) is 30.3 Å². The quantitative estimate of drug-likeness (QED) is 0.884. The van der Waals surface area contributed by atoms with Gasteiger partial charge in [0.25, 0.3) is 0 Å². The number of hydrogen-bond donors (Lipinski definition) is 2. The second-order valence-corrected chi connectivity index (χ2v) is 5.67. The summed E-state index contributed by atoms with van der Waals surface area (Å²) >= 11 is 0. The predicted molar refractivity (Wildman–Crippen MR) is 76.6 cm³/mol. The Labute approximate surface area is 118 Å². The molecule has 1 aliphatic heterocycles. The van der Waals surface area contributed by atoms with Crippen LogP contribution in [0.25, 0.3) is 5.57 Å². The van der Waals surface area contributed by atoms with E-state index >= 15 is 0 Å². The van der Waals surface area contributed by atoms with Crippen molar-refractivity contribution in [2.24, 2.45) is 5.92 Å². The number of hydrogen-bond acceptors (Lipinski definition) is 2. The maximum Gasteiger partial charge on any atom is 0.237 e. The van der Waals surface area contributed by atoms with Crippen LogP contribution < -0.4 is 10.6 Å².